The van der Waals surface area contributed by atoms with E-state index in [2.05, 4.69) is 23.2 Å². The lowest BCUT2D eigenvalue weighted by Crippen LogP contribution is -2.55. The lowest BCUT2D eigenvalue weighted by molar-refractivity contribution is -0.144. The van der Waals surface area contributed by atoms with Crippen LogP contribution in [0.3, 0.4) is 0 Å². The summed E-state index contributed by atoms with van der Waals surface area (Å²) in [6, 6.07) is 8.01. The van der Waals surface area contributed by atoms with E-state index in [-0.39, 0.29) is 12.3 Å². The second-order valence-corrected chi connectivity index (χ2v) is 7.22. The van der Waals surface area contributed by atoms with Crippen molar-refractivity contribution in [3.05, 3.63) is 35.6 Å². The van der Waals surface area contributed by atoms with Gasteiger partial charge in [-0.25, -0.2) is 0 Å². The van der Waals surface area contributed by atoms with E-state index >= 15 is 0 Å². The largest absolute Gasteiger partial charge is 0.481 e. The maximum Gasteiger partial charge on any atom is 0.309 e. The number of carbonyl (C=O) groups excluding carboxylic acids is 1. The lowest BCUT2D eigenvalue weighted by Gasteiger charge is -2.41. The number of para-hydroxylation sites is 1. The number of nitrogens with one attached hydrogen (secondary N) is 1. The Bertz CT molecular complexity index is 833. The number of hydrogen-bond donors (Lipinski definition) is 2. The summed E-state index contributed by atoms with van der Waals surface area (Å²) in [6.07, 6.45) is 1.42. The summed E-state index contributed by atoms with van der Waals surface area (Å²) in [7, 11) is 0. The number of benzene rings is 1. The van der Waals surface area contributed by atoms with Gasteiger partial charge in [0.25, 0.3) is 0 Å². The molecule has 2 aliphatic heterocycles. The Morgan fingerprint density at radius 1 is 1.36 bits per heavy atom. The number of carboxylic acids is 1. The van der Waals surface area contributed by atoms with Crippen LogP contribution in [0.2, 0.25) is 0 Å². The number of furan rings is 1. The molecule has 1 amide bonds. The maximum absolute atomic E-state index is 11.7. The smallest absolute Gasteiger partial charge is 0.309 e. The first-order chi connectivity index (χ1) is 12.0. The average molecular weight is 342 g/mol. The van der Waals surface area contributed by atoms with Gasteiger partial charge >= 0.3 is 5.97 Å². The Balaban J connectivity index is 1.48. The van der Waals surface area contributed by atoms with Crippen LogP contribution >= 0.6 is 0 Å². The van der Waals surface area contributed by atoms with Crippen LogP contribution < -0.4 is 5.32 Å². The predicted molar refractivity (Wildman–Crippen MR) is 92.1 cm³/mol. The number of aryl methyl sites for hydroxylation is 1. The minimum Gasteiger partial charge on any atom is -0.481 e. The van der Waals surface area contributed by atoms with Crippen molar-refractivity contribution in [1.29, 1.82) is 0 Å². The Morgan fingerprint density at radius 3 is 2.76 bits per heavy atom. The van der Waals surface area contributed by atoms with Crippen LogP contribution in [0.15, 0.2) is 28.7 Å². The molecule has 1 spiro atoms. The first-order valence-corrected chi connectivity index (χ1v) is 8.72. The highest BCUT2D eigenvalue weighted by atomic mass is 16.4. The van der Waals surface area contributed by atoms with Crippen LogP contribution in [0.1, 0.15) is 30.6 Å². The molecule has 0 unspecified atom stereocenters. The van der Waals surface area contributed by atoms with Gasteiger partial charge in [-0.1, -0.05) is 18.2 Å². The molecular formula is C19H22N2O4. The van der Waals surface area contributed by atoms with Gasteiger partial charge in [-0.05, 0) is 31.4 Å². The third kappa shape index (κ3) is 2.70. The summed E-state index contributed by atoms with van der Waals surface area (Å²) in [6.45, 7) is 4.29. The molecule has 0 radical (unpaired) electrons. The molecule has 0 aliphatic carbocycles. The predicted octanol–water partition coefficient (Wildman–Crippen LogP) is 2.30. The minimum absolute atomic E-state index is 0.0953. The monoisotopic (exact) mass is 342 g/mol. The standard InChI is InChI=1S/C19H22N2O4/c1-12-13-4-2-3-5-15(13)25-16(12)11-21-8-6-19(7-9-21)14(18(23)24)10-17(22)20-19/h2-5,14H,6-11H2,1H3,(H,20,22)(H,23,24)/t14-/m1/s1. The number of hydrogen-bond acceptors (Lipinski definition) is 4. The van der Waals surface area contributed by atoms with Gasteiger partial charge in [0.2, 0.25) is 5.91 Å². The van der Waals surface area contributed by atoms with E-state index in [9.17, 15) is 14.7 Å². The molecular weight excluding hydrogens is 320 g/mol. The number of aliphatic carboxylic acids is 1. The third-order valence-electron chi connectivity index (χ3n) is 5.80. The van der Waals surface area contributed by atoms with Crippen molar-refractivity contribution in [2.24, 2.45) is 5.92 Å². The van der Waals surface area contributed by atoms with Crippen LogP contribution in [-0.2, 0) is 16.1 Å². The Kier molecular flexibility index (Phi) is 3.80. The molecule has 2 aliphatic rings. The van der Waals surface area contributed by atoms with E-state index in [1.54, 1.807) is 0 Å². The minimum atomic E-state index is -0.875. The van der Waals surface area contributed by atoms with Crippen LogP contribution in [-0.4, -0.2) is 40.5 Å². The van der Waals surface area contributed by atoms with E-state index in [0.717, 1.165) is 35.4 Å². The molecule has 2 saturated heterocycles. The topological polar surface area (TPSA) is 82.8 Å². The molecule has 6 heteroatoms. The summed E-state index contributed by atoms with van der Waals surface area (Å²) in [4.78, 5) is 25.5. The number of fused-ring (bicyclic) bond motifs is 1. The second-order valence-electron chi connectivity index (χ2n) is 7.22. The number of nitrogens with zero attached hydrogens (tertiary/aromatic N) is 1. The van der Waals surface area contributed by atoms with Crippen LogP contribution in [0.5, 0.6) is 0 Å². The average Bonchev–Trinajstić information content (AvgIpc) is 3.08. The van der Waals surface area contributed by atoms with Crippen molar-refractivity contribution in [2.75, 3.05) is 13.1 Å². The van der Waals surface area contributed by atoms with Gasteiger partial charge in [0.05, 0.1) is 18.0 Å². The van der Waals surface area contributed by atoms with Crippen molar-refractivity contribution in [3.8, 4) is 0 Å². The SMILES string of the molecule is Cc1c(CN2CCC3(CC2)NC(=O)C[C@@H]3C(=O)O)oc2ccccc12. The van der Waals surface area contributed by atoms with E-state index in [1.165, 1.54) is 0 Å². The number of likely N-dealkylation sites (tertiary alicyclic amines) is 1. The van der Waals surface area contributed by atoms with Crippen molar-refractivity contribution in [3.63, 3.8) is 0 Å². The molecule has 132 valence electrons. The molecule has 6 nitrogen and oxygen atoms in total. The highest BCUT2D eigenvalue weighted by molar-refractivity contribution is 5.88. The lowest BCUT2D eigenvalue weighted by atomic mass is 9.77. The van der Waals surface area contributed by atoms with Crippen molar-refractivity contribution < 1.29 is 19.1 Å². The zero-order chi connectivity index (χ0) is 17.6. The Morgan fingerprint density at radius 2 is 2.08 bits per heavy atom. The molecule has 1 atom stereocenters. The molecule has 4 rings (SSSR count). The Hall–Kier alpha value is -2.34. The first-order valence-electron chi connectivity index (χ1n) is 8.72. The van der Waals surface area contributed by atoms with E-state index < -0.39 is 17.4 Å². The molecule has 2 fully saturated rings. The van der Waals surface area contributed by atoms with Crippen molar-refractivity contribution in [2.45, 2.75) is 38.3 Å². The fourth-order valence-corrected chi connectivity index (χ4v) is 4.28. The van der Waals surface area contributed by atoms with Gasteiger partial charge in [0.1, 0.15) is 11.3 Å². The van der Waals surface area contributed by atoms with E-state index in [0.29, 0.717) is 19.4 Å². The van der Waals surface area contributed by atoms with Crippen molar-refractivity contribution >= 4 is 22.8 Å². The van der Waals surface area contributed by atoms with Crippen molar-refractivity contribution in [1.82, 2.24) is 10.2 Å². The number of carboxylic acid groups (broad SMARTS) is 1. The summed E-state index contributed by atoms with van der Waals surface area (Å²) < 4.78 is 5.99. The van der Waals surface area contributed by atoms with Gasteiger partial charge in [0, 0.05) is 24.9 Å². The number of piperidine rings is 1. The molecule has 2 N–H and O–H groups in total. The second kappa shape index (κ2) is 5.88. The fourth-order valence-electron chi connectivity index (χ4n) is 4.28. The number of carbonyl (C=O) groups is 2. The van der Waals surface area contributed by atoms with Crippen LogP contribution in [0.4, 0.5) is 0 Å². The quantitative estimate of drug-likeness (QED) is 0.894. The molecule has 3 heterocycles. The van der Waals surface area contributed by atoms with E-state index in [1.807, 2.05) is 18.2 Å². The molecule has 2 aromatic rings. The van der Waals surface area contributed by atoms with Gasteiger partial charge in [0.15, 0.2) is 0 Å². The summed E-state index contributed by atoms with van der Waals surface area (Å²) >= 11 is 0. The van der Waals surface area contributed by atoms with Gasteiger partial charge < -0.3 is 14.8 Å². The highest BCUT2D eigenvalue weighted by Gasteiger charge is 2.51. The molecule has 1 aromatic carbocycles. The Labute approximate surface area is 145 Å². The number of amides is 1. The van der Waals surface area contributed by atoms with E-state index in [4.69, 9.17) is 4.42 Å². The van der Waals surface area contributed by atoms with Gasteiger partial charge in [-0.3, -0.25) is 14.5 Å². The molecule has 0 saturated carbocycles. The summed E-state index contributed by atoms with van der Waals surface area (Å²) in [5, 5.41) is 13.5. The van der Waals surface area contributed by atoms with Gasteiger partial charge in [-0.2, -0.15) is 0 Å². The normalized spacial score (nSPS) is 23.2. The zero-order valence-corrected chi connectivity index (χ0v) is 14.2. The molecule has 0 bridgehead atoms. The summed E-state index contributed by atoms with van der Waals surface area (Å²) in [5.74, 6) is -0.675. The first kappa shape index (κ1) is 16.1. The van der Waals surface area contributed by atoms with Crippen LogP contribution in [0, 0.1) is 12.8 Å². The molecule has 25 heavy (non-hydrogen) atoms. The molecule has 1 aromatic heterocycles. The number of rotatable bonds is 3. The summed E-state index contributed by atoms with van der Waals surface area (Å²) in [5.41, 5.74) is 1.48. The maximum atomic E-state index is 11.7. The zero-order valence-electron chi connectivity index (χ0n) is 14.2. The fraction of sp³-hybridized carbons (Fsp3) is 0.474. The van der Waals surface area contributed by atoms with Crippen LogP contribution in [0.25, 0.3) is 11.0 Å². The highest BCUT2D eigenvalue weighted by Crippen LogP contribution is 2.37. The van der Waals surface area contributed by atoms with Gasteiger partial charge in [-0.15, -0.1) is 0 Å². The third-order valence-corrected chi connectivity index (χ3v) is 5.80.